The van der Waals surface area contributed by atoms with Gasteiger partial charge in [-0.05, 0) is 42.8 Å². The summed E-state index contributed by atoms with van der Waals surface area (Å²) in [5.41, 5.74) is 3.78. The van der Waals surface area contributed by atoms with Crippen molar-refractivity contribution in [3.8, 4) is 11.3 Å². The third kappa shape index (κ3) is 3.74. The maximum Gasteiger partial charge on any atom is 0.111 e. The average molecular weight is 431 g/mol. The lowest BCUT2D eigenvalue weighted by Crippen LogP contribution is -1.92. The molecule has 0 radical (unpaired) electrons. The summed E-state index contributed by atoms with van der Waals surface area (Å²) in [6, 6.07) is 11.2. The predicted octanol–water partition coefficient (Wildman–Crippen LogP) is 6.70. The van der Waals surface area contributed by atoms with Gasteiger partial charge in [-0.2, -0.15) is 0 Å². The molecular weight excluding hydrogens is 418 g/mol. The number of halogens is 4. The van der Waals surface area contributed by atoms with E-state index in [1.54, 1.807) is 6.07 Å². The Labute approximate surface area is 157 Å². The number of aromatic nitrogens is 2. The number of benzene rings is 2. The molecule has 0 aliphatic rings. The van der Waals surface area contributed by atoms with Crippen LogP contribution in [0.15, 0.2) is 40.9 Å². The van der Waals surface area contributed by atoms with Crippen molar-refractivity contribution in [1.82, 2.24) is 9.97 Å². The number of nitrogens with zero attached hydrogens (tertiary/aromatic N) is 1. The van der Waals surface area contributed by atoms with Gasteiger partial charge in [-0.1, -0.05) is 56.8 Å². The summed E-state index contributed by atoms with van der Waals surface area (Å²) in [5, 5.41) is 1.90. The molecule has 1 N–H and O–H groups in total. The zero-order chi connectivity index (χ0) is 16.6. The zero-order valence-corrected chi connectivity index (χ0v) is 16.0. The number of H-pyrrole nitrogens is 1. The van der Waals surface area contributed by atoms with Crippen LogP contribution in [0.25, 0.3) is 11.3 Å². The fourth-order valence-corrected chi connectivity index (χ4v) is 3.72. The molecule has 118 valence electrons. The van der Waals surface area contributed by atoms with Crippen LogP contribution in [-0.2, 0) is 6.42 Å². The molecule has 6 heteroatoms. The number of hydrogen-bond donors (Lipinski definition) is 1. The van der Waals surface area contributed by atoms with Gasteiger partial charge >= 0.3 is 0 Å². The molecule has 2 aromatic carbocycles. The van der Waals surface area contributed by atoms with Gasteiger partial charge in [-0.3, -0.25) is 0 Å². The zero-order valence-electron chi connectivity index (χ0n) is 12.1. The van der Waals surface area contributed by atoms with E-state index in [4.69, 9.17) is 39.8 Å². The van der Waals surface area contributed by atoms with E-state index < -0.39 is 0 Å². The molecule has 1 heterocycles. The molecule has 0 saturated heterocycles. The van der Waals surface area contributed by atoms with E-state index in [0.717, 1.165) is 32.8 Å². The van der Waals surface area contributed by atoms with Crippen molar-refractivity contribution in [2.75, 3.05) is 0 Å². The summed E-state index contributed by atoms with van der Waals surface area (Å²) in [6.07, 6.45) is 0.670. The second-order valence-electron chi connectivity index (χ2n) is 5.19. The molecule has 0 amide bonds. The van der Waals surface area contributed by atoms with Crippen molar-refractivity contribution in [1.29, 1.82) is 0 Å². The van der Waals surface area contributed by atoms with Gasteiger partial charge in [0.1, 0.15) is 5.82 Å². The highest BCUT2D eigenvalue weighted by Crippen LogP contribution is 2.32. The van der Waals surface area contributed by atoms with Gasteiger partial charge < -0.3 is 4.98 Å². The van der Waals surface area contributed by atoms with Crippen molar-refractivity contribution in [3.05, 3.63) is 73.0 Å². The van der Waals surface area contributed by atoms with Crippen molar-refractivity contribution in [2.24, 2.45) is 0 Å². The normalized spacial score (nSPS) is 11.0. The van der Waals surface area contributed by atoms with E-state index in [2.05, 4.69) is 20.9 Å². The van der Waals surface area contributed by atoms with Gasteiger partial charge in [0.05, 0.1) is 10.7 Å². The molecule has 0 spiro atoms. The van der Waals surface area contributed by atoms with Gasteiger partial charge in [-0.15, -0.1) is 0 Å². The fourth-order valence-electron chi connectivity index (χ4n) is 2.40. The van der Waals surface area contributed by atoms with Gasteiger partial charge in [0.2, 0.25) is 0 Å². The highest BCUT2D eigenvalue weighted by Gasteiger charge is 2.13. The molecule has 23 heavy (non-hydrogen) atoms. The minimum Gasteiger partial charge on any atom is -0.345 e. The second kappa shape index (κ2) is 6.86. The first-order valence-electron chi connectivity index (χ1n) is 6.89. The molecule has 3 rings (SSSR count). The van der Waals surface area contributed by atoms with Crippen LogP contribution < -0.4 is 0 Å². The Kier molecular flexibility index (Phi) is 5.02. The Morgan fingerprint density at radius 2 is 1.74 bits per heavy atom. The summed E-state index contributed by atoms with van der Waals surface area (Å²) < 4.78 is 0.963. The largest absolute Gasteiger partial charge is 0.345 e. The lowest BCUT2D eigenvalue weighted by Gasteiger charge is -2.03. The topological polar surface area (TPSA) is 28.7 Å². The van der Waals surface area contributed by atoms with Gasteiger partial charge in [0, 0.05) is 32.2 Å². The number of imidazole rings is 1. The number of aryl methyl sites for hydroxylation is 1. The van der Waals surface area contributed by atoms with Crippen molar-refractivity contribution in [3.63, 3.8) is 0 Å². The SMILES string of the molecule is Cc1[nH]c(Cc2ccc(Cl)cc2Br)nc1-c1ccc(Cl)cc1Cl. The average Bonchev–Trinajstić information content (AvgIpc) is 2.83. The van der Waals surface area contributed by atoms with Gasteiger partial charge in [-0.25, -0.2) is 4.98 Å². The molecule has 0 fully saturated rings. The van der Waals surface area contributed by atoms with Gasteiger partial charge in [0.15, 0.2) is 0 Å². The molecule has 0 atom stereocenters. The minimum atomic E-state index is 0.589. The summed E-state index contributed by atoms with van der Waals surface area (Å²) in [4.78, 5) is 8.01. The Morgan fingerprint density at radius 3 is 2.43 bits per heavy atom. The number of rotatable bonds is 3. The highest BCUT2D eigenvalue weighted by molar-refractivity contribution is 9.10. The van der Waals surface area contributed by atoms with Crippen LogP contribution in [0.5, 0.6) is 0 Å². The van der Waals surface area contributed by atoms with E-state index >= 15 is 0 Å². The third-order valence-electron chi connectivity index (χ3n) is 3.49. The lowest BCUT2D eigenvalue weighted by molar-refractivity contribution is 1.01. The van der Waals surface area contributed by atoms with E-state index in [1.165, 1.54) is 0 Å². The van der Waals surface area contributed by atoms with Crippen LogP contribution in [0.1, 0.15) is 17.1 Å². The molecule has 0 aliphatic carbocycles. The van der Waals surface area contributed by atoms with Crippen LogP contribution in [0, 0.1) is 6.92 Å². The van der Waals surface area contributed by atoms with Crippen molar-refractivity contribution < 1.29 is 0 Å². The highest BCUT2D eigenvalue weighted by atomic mass is 79.9. The third-order valence-corrected chi connectivity index (χ3v) is 5.01. The Bertz CT molecular complexity index is 874. The van der Waals surface area contributed by atoms with E-state index in [1.807, 2.05) is 37.3 Å². The Hall–Kier alpha value is -1.000. The quantitative estimate of drug-likeness (QED) is 0.492. The molecule has 3 aromatic rings. The Balaban J connectivity index is 1.94. The standard InChI is InChI=1S/C17H12BrCl3N2/c1-9-17(13-5-4-12(20)8-15(13)21)23-16(22-9)6-10-2-3-11(19)7-14(10)18/h2-5,7-8H,6H2,1H3,(H,22,23). The fraction of sp³-hybridized carbons (Fsp3) is 0.118. The van der Waals surface area contributed by atoms with Crippen LogP contribution in [-0.4, -0.2) is 9.97 Å². The molecule has 0 bridgehead atoms. The van der Waals surface area contributed by atoms with Crippen molar-refractivity contribution >= 4 is 50.7 Å². The summed E-state index contributed by atoms with van der Waals surface area (Å²) in [5.74, 6) is 0.867. The molecule has 0 aliphatic heterocycles. The summed E-state index contributed by atoms with van der Waals surface area (Å²) in [6.45, 7) is 1.98. The maximum absolute atomic E-state index is 6.29. The smallest absolute Gasteiger partial charge is 0.111 e. The van der Waals surface area contributed by atoms with Crippen LogP contribution in [0.2, 0.25) is 15.1 Å². The summed E-state index contributed by atoms with van der Waals surface area (Å²) >= 11 is 21.8. The first kappa shape index (κ1) is 16.8. The van der Waals surface area contributed by atoms with E-state index in [9.17, 15) is 0 Å². The molecule has 1 aromatic heterocycles. The van der Waals surface area contributed by atoms with Crippen LogP contribution in [0.4, 0.5) is 0 Å². The molecule has 2 nitrogen and oxygen atoms in total. The monoisotopic (exact) mass is 428 g/mol. The lowest BCUT2D eigenvalue weighted by atomic mass is 10.1. The number of nitrogens with one attached hydrogen (secondary N) is 1. The van der Waals surface area contributed by atoms with Crippen LogP contribution in [0.3, 0.4) is 0 Å². The maximum atomic E-state index is 6.29. The first-order chi connectivity index (χ1) is 10.9. The number of hydrogen-bond acceptors (Lipinski definition) is 1. The predicted molar refractivity (Wildman–Crippen MR) is 101 cm³/mol. The van der Waals surface area contributed by atoms with Gasteiger partial charge in [0.25, 0.3) is 0 Å². The number of aromatic amines is 1. The molecule has 0 unspecified atom stereocenters. The minimum absolute atomic E-state index is 0.589. The second-order valence-corrected chi connectivity index (χ2v) is 7.33. The summed E-state index contributed by atoms with van der Waals surface area (Å²) in [7, 11) is 0. The van der Waals surface area contributed by atoms with Crippen molar-refractivity contribution in [2.45, 2.75) is 13.3 Å². The van der Waals surface area contributed by atoms with E-state index in [0.29, 0.717) is 21.5 Å². The Morgan fingerprint density at radius 1 is 1.04 bits per heavy atom. The first-order valence-corrected chi connectivity index (χ1v) is 8.81. The molecular formula is C17H12BrCl3N2. The van der Waals surface area contributed by atoms with E-state index in [-0.39, 0.29) is 0 Å². The van der Waals surface area contributed by atoms with Crippen LogP contribution >= 0.6 is 50.7 Å². The molecule has 0 saturated carbocycles.